The van der Waals surface area contributed by atoms with Crippen molar-refractivity contribution in [2.75, 3.05) is 37.9 Å². The molecule has 0 bridgehead atoms. The summed E-state index contributed by atoms with van der Waals surface area (Å²) in [4.78, 5) is 12.5. The Morgan fingerprint density at radius 1 is 1.07 bits per heavy atom. The van der Waals surface area contributed by atoms with Crippen molar-refractivity contribution in [2.45, 2.75) is 19.9 Å². The largest absolute Gasteiger partial charge is 0.497 e. The summed E-state index contributed by atoms with van der Waals surface area (Å²) in [5.41, 5.74) is 1.37. The number of rotatable bonds is 10. The number of sulfonamides is 1. The molecule has 30 heavy (non-hydrogen) atoms. The van der Waals surface area contributed by atoms with E-state index in [0.717, 1.165) is 16.1 Å². The summed E-state index contributed by atoms with van der Waals surface area (Å²) >= 11 is 0. The molecular weight excluding hydrogens is 408 g/mol. The SMILES string of the molecule is COc1ccc(N(CC(=O)NC(C)COc2ccc(C)cc2)S(C)(=O)=O)c(OC)c1. The Kier molecular flexibility index (Phi) is 7.93. The van der Waals surface area contributed by atoms with E-state index in [1.54, 1.807) is 19.1 Å². The van der Waals surface area contributed by atoms with Crippen molar-refractivity contribution in [3.63, 3.8) is 0 Å². The first kappa shape index (κ1) is 23.3. The number of methoxy groups -OCH3 is 2. The average Bonchev–Trinajstić information content (AvgIpc) is 2.70. The lowest BCUT2D eigenvalue weighted by Crippen LogP contribution is -2.45. The van der Waals surface area contributed by atoms with Gasteiger partial charge in [-0.05, 0) is 38.1 Å². The van der Waals surface area contributed by atoms with Gasteiger partial charge in [0.1, 0.15) is 30.4 Å². The molecule has 0 aromatic heterocycles. The minimum atomic E-state index is -3.74. The van der Waals surface area contributed by atoms with Crippen molar-refractivity contribution in [1.82, 2.24) is 5.32 Å². The van der Waals surface area contributed by atoms with Crippen LogP contribution in [-0.2, 0) is 14.8 Å². The molecule has 2 rings (SSSR count). The zero-order valence-electron chi connectivity index (χ0n) is 17.8. The maximum Gasteiger partial charge on any atom is 0.241 e. The number of carbonyl (C=O) groups excluding carboxylic acids is 1. The molecule has 0 fully saturated rings. The minimum Gasteiger partial charge on any atom is -0.497 e. The first-order valence-electron chi connectivity index (χ1n) is 9.32. The number of nitrogens with one attached hydrogen (secondary N) is 1. The van der Waals surface area contributed by atoms with Crippen LogP contribution in [0.4, 0.5) is 5.69 Å². The van der Waals surface area contributed by atoms with Gasteiger partial charge in [0.05, 0.1) is 32.2 Å². The number of aryl methyl sites for hydroxylation is 1. The Labute approximate surface area is 177 Å². The van der Waals surface area contributed by atoms with Crippen LogP contribution >= 0.6 is 0 Å². The smallest absolute Gasteiger partial charge is 0.241 e. The summed E-state index contributed by atoms with van der Waals surface area (Å²) < 4.78 is 41.8. The van der Waals surface area contributed by atoms with E-state index in [1.165, 1.54) is 20.3 Å². The highest BCUT2D eigenvalue weighted by Gasteiger charge is 2.25. The Morgan fingerprint density at radius 2 is 1.70 bits per heavy atom. The molecule has 2 aromatic carbocycles. The third kappa shape index (κ3) is 6.55. The van der Waals surface area contributed by atoms with Gasteiger partial charge in [-0.2, -0.15) is 0 Å². The number of carbonyl (C=O) groups is 1. The van der Waals surface area contributed by atoms with Gasteiger partial charge in [0, 0.05) is 6.07 Å². The summed E-state index contributed by atoms with van der Waals surface area (Å²) in [5.74, 6) is 1.03. The number of anilines is 1. The number of ether oxygens (including phenoxy) is 3. The molecule has 1 N–H and O–H groups in total. The quantitative estimate of drug-likeness (QED) is 0.615. The molecule has 164 valence electrons. The van der Waals surface area contributed by atoms with Crippen molar-refractivity contribution >= 4 is 21.6 Å². The van der Waals surface area contributed by atoms with Crippen LogP contribution in [0, 0.1) is 6.92 Å². The lowest BCUT2D eigenvalue weighted by Gasteiger charge is -2.25. The van der Waals surface area contributed by atoms with Crippen LogP contribution in [0.5, 0.6) is 17.2 Å². The van der Waals surface area contributed by atoms with Gasteiger partial charge in [0.15, 0.2) is 0 Å². The maximum atomic E-state index is 12.5. The molecule has 0 spiro atoms. The molecule has 0 aliphatic rings. The summed E-state index contributed by atoms with van der Waals surface area (Å²) in [6.07, 6.45) is 1.04. The summed E-state index contributed by atoms with van der Waals surface area (Å²) in [6, 6.07) is 12.0. The second-order valence-corrected chi connectivity index (χ2v) is 8.81. The number of hydrogen-bond acceptors (Lipinski definition) is 6. The second kappa shape index (κ2) is 10.2. The van der Waals surface area contributed by atoms with Crippen molar-refractivity contribution in [3.8, 4) is 17.2 Å². The lowest BCUT2D eigenvalue weighted by atomic mass is 10.2. The average molecular weight is 437 g/mol. The Hall–Kier alpha value is -2.94. The van der Waals surface area contributed by atoms with Gasteiger partial charge in [-0.25, -0.2) is 8.42 Å². The molecular formula is C21H28N2O6S. The van der Waals surface area contributed by atoms with E-state index in [2.05, 4.69) is 5.32 Å². The molecule has 1 unspecified atom stereocenters. The van der Waals surface area contributed by atoms with Crippen molar-refractivity contribution in [3.05, 3.63) is 48.0 Å². The van der Waals surface area contributed by atoms with Gasteiger partial charge < -0.3 is 19.5 Å². The number of nitrogens with zero attached hydrogens (tertiary/aromatic N) is 1. The van der Waals surface area contributed by atoms with Crippen LogP contribution in [0.15, 0.2) is 42.5 Å². The van der Waals surface area contributed by atoms with Gasteiger partial charge >= 0.3 is 0 Å². The van der Waals surface area contributed by atoms with Crippen molar-refractivity contribution < 1.29 is 27.4 Å². The van der Waals surface area contributed by atoms with E-state index in [-0.39, 0.29) is 24.1 Å². The van der Waals surface area contributed by atoms with E-state index >= 15 is 0 Å². The van der Waals surface area contributed by atoms with E-state index in [9.17, 15) is 13.2 Å². The van der Waals surface area contributed by atoms with E-state index in [1.807, 2.05) is 31.2 Å². The van der Waals surface area contributed by atoms with E-state index in [0.29, 0.717) is 11.5 Å². The zero-order chi connectivity index (χ0) is 22.3. The third-order valence-electron chi connectivity index (χ3n) is 4.27. The molecule has 0 heterocycles. The first-order valence-corrected chi connectivity index (χ1v) is 11.2. The fourth-order valence-corrected chi connectivity index (χ4v) is 3.58. The molecule has 0 saturated carbocycles. The van der Waals surface area contributed by atoms with E-state index in [4.69, 9.17) is 14.2 Å². The highest BCUT2D eigenvalue weighted by molar-refractivity contribution is 7.92. The number of hydrogen-bond donors (Lipinski definition) is 1. The third-order valence-corrected chi connectivity index (χ3v) is 5.40. The summed E-state index contributed by atoms with van der Waals surface area (Å²) in [7, 11) is -0.824. The van der Waals surface area contributed by atoms with Crippen LogP contribution < -0.4 is 23.8 Å². The maximum absolute atomic E-state index is 12.5. The highest BCUT2D eigenvalue weighted by atomic mass is 32.2. The van der Waals surface area contributed by atoms with Crippen molar-refractivity contribution in [1.29, 1.82) is 0 Å². The Bertz CT molecular complexity index is 960. The lowest BCUT2D eigenvalue weighted by molar-refractivity contribution is -0.120. The molecule has 8 nitrogen and oxygen atoms in total. The standard InChI is InChI=1S/C21H28N2O6S/c1-15-6-8-17(9-7-15)29-14-16(2)22-21(24)13-23(30(5,25)26)19-11-10-18(27-3)12-20(19)28-4/h6-12,16H,13-14H2,1-5H3,(H,22,24). The molecule has 0 saturated heterocycles. The van der Waals surface area contributed by atoms with Crippen LogP contribution in [0.25, 0.3) is 0 Å². The summed E-state index contributed by atoms with van der Waals surface area (Å²) in [6.45, 7) is 3.62. The minimum absolute atomic E-state index is 0.250. The molecule has 0 aliphatic carbocycles. The number of benzene rings is 2. The van der Waals surface area contributed by atoms with Gasteiger partial charge in [0.25, 0.3) is 0 Å². The predicted octanol–water partition coefficient (Wildman–Crippen LogP) is 2.36. The summed E-state index contributed by atoms with van der Waals surface area (Å²) in [5, 5.41) is 2.76. The molecule has 1 atom stereocenters. The Morgan fingerprint density at radius 3 is 2.27 bits per heavy atom. The fourth-order valence-electron chi connectivity index (χ4n) is 2.72. The van der Waals surface area contributed by atoms with Crippen LogP contribution in [0.2, 0.25) is 0 Å². The van der Waals surface area contributed by atoms with Gasteiger partial charge in [-0.1, -0.05) is 17.7 Å². The van der Waals surface area contributed by atoms with Gasteiger partial charge in [-0.3, -0.25) is 9.10 Å². The zero-order valence-corrected chi connectivity index (χ0v) is 18.7. The predicted molar refractivity (Wildman–Crippen MR) is 116 cm³/mol. The first-order chi connectivity index (χ1) is 14.1. The number of amides is 1. The van der Waals surface area contributed by atoms with E-state index < -0.39 is 22.5 Å². The molecule has 0 aliphatic heterocycles. The molecule has 9 heteroatoms. The second-order valence-electron chi connectivity index (χ2n) is 6.90. The van der Waals surface area contributed by atoms with Crippen LogP contribution in [0.1, 0.15) is 12.5 Å². The molecule has 0 radical (unpaired) electrons. The molecule has 2 aromatic rings. The Balaban J connectivity index is 2.06. The highest BCUT2D eigenvalue weighted by Crippen LogP contribution is 2.33. The fraction of sp³-hybridized carbons (Fsp3) is 0.381. The van der Waals surface area contributed by atoms with Gasteiger partial charge in [-0.15, -0.1) is 0 Å². The normalized spacial score (nSPS) is 12.0. The van der Waals surface area contributed by atoms with Crippen molar-refractivity contribution in [2.24, 2.45) is 0 Å². The van der Waals surface area contributed by atoms with Gasteiger partial charge in [0.2, 0.25) is 15.9 Å². The monoisotopic (exact) mass is 436 g/mol. The van der Waals surface area contributed by atoms with Crippen LogP contribution in [0.3, 0.4) is 0 Å². The van der Waals surface area contributed by atoms with Crippen LogP contribution in [-0.4, -0.2) is 54.0 Å². The molecule has 1 amide bonds. The topological polar surface area (TPSA) is 94.2 Å².